The standard InChI is InChI=1S/C26H35N5O5/c1-4-18(5-2)8-9-21(33)16-31-12-6-7-19(26(31)36)13-24(34)22(11-10-20(32)14-27)29-25(35)23-15-28-17-30(23)3/h6-7,12,15,17-18,20,22,32H,4-5,8-11,13,16H2,1-3H3,(H,29,35)/t20?,22-/m0/s1. The lowest BCUT2D eigenvalue weighted by molar-refractivity contribution is -0.120. The Balaban J connectivity index is 2.13. The van der Waals surface area contributed by atoms with Gasteiger partial charge in [-0.2, -0.15) is 5.26 Å². The van der Waals surface area contributed by atoms with Crippen LogP contribution in [-0.2, 0) is 29.6 Å². The molecule has 1 unspecified atom stereocenters. The number of hydrogen-bond donors (Lipinski definition) is 2. The summed E-state index contributed by atoms with van der Waals surface area (Å²) in [5, 5.41) is 21.1. The number of nitrogens with zero attached hydrogens (tertiary/aromatic N) is 4. The van der Waals surface area contributed by atoms with Crippen LogP contribution < -0.4 is 10.9 Å². The van der Waals surface area contributed by atoms with Gasteiger partial charge < -0.3 is 19.6 Å². The summed E-state index contributed by atoms with van der Waals surface area (Å²) in [4.78, 5) is 55.1. The van der Waals surface area contributed by atoms with Crippen LogP contribution in [0.4, 0.5) is 0 Å². The number of rotatable bonds is 15. The molecule has 0 bridgehead atoms. The molecule has 0 saturated heterocycles. The number of aryl methyl sites for hydroxylation is 1. The molecular weight excluding hydrogens is 462 g/mol. The predicted molar refractivity (Wildman–Crippen MR) is 133 cm³/mol. The number of imidazole rings is 1. The van der Waals surface area contributed by atoms with Crippen molar-refractivity contribution < 1.29 is 19.5 Å². The maximum Gasteiger partial charge on any atom is 0.270 e. The van der Waals surface area contributed by atoms with E-state index in [1.807, 2.05) is 0 Å². The van der Waals surface area contributed by atoms with Crippen molar-refractivity contribution in [1.29, 1.82) is 5.26 Å². The molecule has 2 N–H and O–H groups in total. The molecular formula is C26H35N5O5. The second-order valence-electron chi connectivity index (χ2n) is 9.01. The first-order valence-electron chi connectivity index (χ1n) is 12.3. The van der Waals surface area contributed by atoms with Gasteiger partial charge in [-0.15, -0.1) is 0 Å². The molecule has 0 aromatic carbocycles. The average molecular weight is 498 g/mol. The number of aromatic nitrogens is 3. The molecule has 1 amide bonds. The number of aliphatic hydroxyl groups is 1. The SMILES string of the molecule is CCC(CC)CCC(=O)Cn1cccc(CC(=O)[C@H](CCC(O)C#N)NC(=O)c2cncn2C)c1=O. The smallest absolute Gasteiger partial charge is 0.270 e. The summed E-state index contributed by atoms with van der Waals surface area (Å²) in [7, 11) is 1.64. The molecule has 2 atom stereocenters. The van der Waals surface area contributed by atoms with E-state index in [2.05, 4.69) is 24.1 Å². The number of Topliss-reactive ketones (excluding diaryl/α,β-unsaturated/α-hetero) is 2. The number of hydrogen-bond acceptors (Lipinski definition) is 7. The molecule has 0 aliphatic carbocycles. The zero-order chi connectivity index (χ0) is 26.7. The summed E-state index contributed by atoms with van der Waals surface area (Å²) in [6.45, 7) is 4.13. The topological polar surface area (TPSA) is 147 Å². The third kappa shape index (κ3) is 8.27. The van der Waals surface area contributed by atoms with Gasteiger partial charge in [0, 0.05) is 31.6 Å². The van der Waals surface area contributed by atoms with E-state index in [1.54, 1.807) is 19.2 Å². The highest BCUT2D eigenvalue weighted by Crippen LogP contribution is 2.15. The quantitative estimate of drug-likeness (QED) is 0.357. The zero-order valence-electron chi connectivity index (χ0n) is 21.1. The molecule has 2 rings (SSSR count). The molecule has 0 fully saturated rings. The van der Waals surface area contributed by atoms with Gasteiger partial charge in [0.1, 0.15) is 11.8 Å². The Morgan fingerprint density at radius 3 is 2.53 bits per heavy atom. The average Bonchev–Trinajstić information content (AvgIpc) is 3.30. The highest BCUT2D eigenvalue weighted by Gasteiger charge is 2.25. The van der Waals surface area contributed by atoms with Crippen LogP contribution in [0.3, 0.4) is 0 Å². The Morgan fingerprint density at radius 1 is 1.19 bits per heavy atom. The van der Waals surface area contributed by atoms with E-state index >= 15 is 0 Å². The summed E-state index contributed by atoms with van der Waals surface area (Å²) in [6, 6.07) is 3.80. The Morgan fingerprint density at radius 2 is 1.92 bits per heavy atom. The van der Waals surface area contributed by atoms with Gasteiger partial charge in [0.25, 0.3) is 11.5 Å². The second-order valence-corrected chi connectivity index (χ2v) is 9.01. The summed E-state index contributed by atoms with van der Waals surface area (Å²) < 4.78 is 2.80. The number of pyridine rings is 1. The summed E-state index contributed by atoms with van der Waals surface area (Å²) in [6.07, 6.45) is 5.97. The van der Waals surface area contributed by atoms with Crippen molar-refractivity contribution in [3.05, 3.63) is 52.5 Å². The van der Waals surface area contributed by atoms with E-state index in [1.165, 1.54) is 33.9 Å². The van der Waals surface area contributed by atoms with Crippen molar-refractivity contribution in [2.24, 2.45) is 13.0 Å². The van der Waals surface area contributed by atoms with Crippen molar-refractivity contribution in [2.45, 2.75) is 77.5 Å². The van der Waals surface area contributed by atoms with Crippen LogP contribution in [0.2, 0.25) is 0 Å². The number of nitrogens with one attached hydrogen (secondary N) is 1. The molecule has 36 heavy (non-hydrogen) atoms. The lowest BCUT2D eigenvalue weighted by atomic mass is 9.96. The van der Waals surface area contributed by atoms with Crippen LogP contribution in [0.25, 0.3) is 0 Å². The second kappa shape index (κ2) is 14.1. The Bertz CT molecular complexity index is 1140. The number of aliphatic hydroxyl groups excluding tert-OH is 1. The lowest BCUT2D eigenvalue weighted by Gasteiger charge is -2.18. The van der Waals surface area contributed by atoms with Gasteiger partial charge in [0.05, 0.1) is 31.2 Å². The number of ketones is 2. The van der Waals surface area contributed by atoms with Gasteiger partial charge in [-0.1, -0.05) is 32.8 Å². The number of nitriles is 1. The van der Waals surface area contributed by atoms with Gasteiger partial charge in [0.15, 0.2) is 11.6 Å². The van der Waals surface area contributed by atoms with Crippen LogP contribution in [0.1, 0.15) is 68.4 Å². The third-order valence-corrected chi connectivity index (χ3v) is 6.42. The summed E-state index contributed by atoms with van der Waals surface area (Å²) in [5.41, 5.74) is 0.00834. The fourth-order valence-corrected chi connectivity index (χ4v) is 4.00. The highest BCUT2D eigenvalue weighted by atomic mass is 16.3. The predicted octanol–water partition coefficient (Wildman–Crippen LogP) is 1.94. The van der Waals surface area contributed by atoms with Gasteiger partial charge in [0.2, 0.25) is 0 Å². The van der Waals surface area contributed by atoms with Crippen LogP contribution in [0.15, 0.2) is 35.6 Å². The first kappa shape index (κ1) is 28.7. The molecule has 2 aromatic heterocycles. The number of amides is 1. The minimum absolute atomic E-state index is 0.0205. The molecule has 0 radical (unpaired) electrons. The normalized spacial score (nSPS) is 12.7. The van der Waals surface area contributed by atoms with E-state index < -0.39 is 29.4 Å². The molecule has 0 aliphatic rings. The van der Waals surface area contributed by atoms with Gasteiger partial charge in [-0.3, -0.25) is 19.2 Å². The van der Waals surface area contributed by atoms with Gasteiger partial charge in [-0.05, 0) is 31.2 Å². The molecule has 0 saturated carbocycles. The van der Waals surface area contributed by atoms with Crippen LogP contribution in [-0.4, -0.2) is 48.8 Å². The first-order chi connectivity index (χ1) is 17.2. The molecule has 194 valence electrons. The first-order valence-corrected chi connectivity index (χ1v) is 12.3. The third-order valence-electron chi connectivity index (χ3n) is 6.42. The Kier molecular flexibility index (Phi) is 11.2. The molecule has 10 nitrogen and oxygen atoms in total. The Hall–Kier alpha value is -3.58. The van der Waals surface area contributed by atoms with E-state index in [0.29, 0.717) is 12.3 Å². The van der Waals surface area contributed by atoms with E-state index in [9.17, 15) is 24.3 Å². The minimum Gasteiger partial charge on any atom is -0.378 e. The zero-order valence-corrected chi connectivity index (χ0v) is 21.1. The maximum atomic E-state index is 13.1. The van der Waals surface area contributed by atoms with E-state index in [-0.39, 0.29) is 42.8 Å². The van der Waals surface area contributed by atoms with Crippen molar-refractivity contribution in [3.63, 3.8) is 0 Å². The van der Waals surface area contributed by atoms with Crippen LogP contribution >= 0.6 is 0 Å². The lowest BCUT2D eigenvalue weighted by Crippen LogP contribution is -2.43. The van der Waals surface area contributed by atoms with Crippen LogP contribution in [0.5, 0.6) is 0 Å². The van der Waals surface area contributed by atoms with Gasteiger partial charge >= 0.3 is 0 Å². The summed E-state index contributed by atoms with van der Waals surface area (Å²) in [5.74, 6) is -0.536. The van der Waals surface area contributed by atoms with Crippen molar-refractivity contribution in [1.82, 2.24) is 19.4 Å². The van der Waals surface area contributed by atoms with Crippen molar-refractivity contribution >= 4 is 17.5 Å². The minimum atomic E-state index is -1.28. The number of carbonyl (C=O) groups excluding carboxylic acids is 3. The molecule has 10 heteroatoms. The molecule has 2 aromatic rings. The molecule has 0 aliphatic heterocycles. The van der Waals surface area contributed by atoms with E-state index in [4.69, 9.17) is 5.26 Å². The summed E-state index contributed by atoms with van der Waals surface area (Å²) >= 11 is 0. The fourth-order valence-electron chi connectivity index (χ4n) is 4.00. The number of carbonyl (C=O) groups is 3. The van der Waals surface area contributed by atoms with Crippen LogP contribution in [0, 0.1) is 17.2 Å². The van der Waals surface area contributed by atoms with E-state index in [0.717, 1.165) is 19.3 Å². The van der Waals surface area contributed by atoms with Crippen molar-refractivity contribution in [3.8, 4) is 6.07 Å². The highest BCUT2D eigenvalue weighted by molar-refractivity contribution is 5.97. The van der Waals surface area contributed by atoms with Gasteiger partial charge in [-0.25, -0.2) is 4.98 Å². The maximum absolute atomic E-state index is 13.1. The monoisotopic (exact) mass is 497 g/mol. The fraction of sp³-hybridized carbons (Fsp3) is 0.538. The molecule has 0 spiro atoms. The Labute approximate surface area is 211 Å². The molecule has 2 heterocycles. The largest absolute Gasteiger partial charge is 0.378 e. The van der Waals surface area contributed by atoms with Crippen molar-refractivity contribution in [2.75, 3.05) is 0 Å².